The number of hydrogen-bond donors (Lipinski definition) is 0. The zero-order valence-corrected chi connectivity index (χ0v) is 10.9. The molecule has 0 spiro atoms. The van der Waals surface area contributed by atoms with Crippen LogP contribution in [0.3, 0.4) is 0 Å². The zero-order valence-electron chi connectivity index (χ0n) is 9.35. The fourth-order valence-electron chi connectivity index (χ4n) is 1.60. The van der Waals surface area contributed by atoms with E-state index in [0.717, 1.165) is 6.42 Å². The number of benzene rings is 1. The van der Waals surface area contributed by atoms with Gasteiger partial charge in [0.15, 0.2) is 0 Å². The summed E-state index contributed by atoms with van der Waals surface area (Å²) < 4.78 is 0.347. The molecule has 0 aliphatic rings. The first-order chi connectivity index (χ1) is 7.04. The second kappa shape index (κ2) is 5.58. The van der Waals surface area contributed by atoms with Gasteiger partial charge in [-0.2, -0.15) is 0 Å². The summed E-state index contributed by atoms with van der Waals surface area (Å²) in [5.41, 5.74) is 3.90. The third kappa shape index (κ3) is 3.55. The molecule has 0 amide bonds. The summed E-state index contributed by atoms with van der Waals surface area (Å²) in [6, 6.07) is 6.49. The lowest BCUT2D eigenvalue weighted by Gasteiger charge is -2.12. The standard InChI is InChI=1S/C13H16Cl2/c1-4-11(8-13(14)15)12-6-5-9(2)10(3)7-12/h5-8,11H,4H2,1-3H3. The first-order valence-electron chi connectivity index (χ1n) is 5.14. The highest BCUT2D eigenvalue weighted by Crippen LogP contribution is 2.26. The molecule has 0 saturated heterocycles. The Bertz CT molecular complexity index is 363. The van der Waals surface area contributed by atoms with E-state index < -0.39 is 0 Å². The van der Waals surface area contributed by atoms with Crippen LogP contribution in [0.25, 0.3) is 0 Å². The summed E-state index contributed by atoms with van der Waals surface area (Å²) in [4.78, 5) is 0. The molecule has 0 N–H and O–H groups in total. The van der Waals surface area contributed by atoms with Crippen LogP contribution < -0.4 is 0 Å². The molecule has 0 nitrogen and oxygen atoms in total. The Hall–Kier alpha value is -0.460. The minimum absolute atomic E-state index is 0.314. The molecule has 1 aromatic rings. The van der Waals surface area contributed by atoms with E-state index in [1.54, 1.807) is 0 Å². The van der Waals surface area contributed by atoms with Crippen molar-refractivity contribution in [1.29, 1.82) is 0 Å². The topological polar surface area (TPSA) is 0 Å². The fraction of sp³-hybridized carbons (Fsp3) is 0.385. The Morgan fingerprint density at radius 3 is 2.40 bits per heavy atom. The van der Waals surface area contributed by atoms with E-state index in [2.05, 4.69) is 39.0 Å². The third-order valence-corrected chi connectivity index (χ3v) is 2.98. The van der Waals surface area contributed by atoms with Crippen molar-refractivity contribution in [3.05, 3.63) is 45.5 Å². The molecule has 0 aromatic heterocycles. The monoisotopic (exact) mass is 242 g/mol. The van der Waals surface area contributed by atoms with Crippen molar-refractivity contribution in [3.63, 3.8) is 0 Å². The number of hydrogen-bond acceptors (Lipinski definition) is 0. The number of rotatable bonds is 3. The van der Waals surface area contributed by atoms with Gasteiger partial charge in [0.2, 0.25) is 0 Å². The van der Waals surface area contributed by atoms with Crippen LogP contribution in [0.5, 0.6) is 0 Å². The van der Waals surface area contributed by atoms with Crippen LogP contribution in [0, 0.1) is 13.8 Å². The van der Waals surface area contributed by atoms with Gasteiger partial charge in [-0.1, -0.05) is 48.3 Å². The SMILES string of the molecule is CCC(C=C(Cl)Cl)c1ccc(C)c(C)c1. The van der Waals surface area contributed by atoms with Gasteiger partial charge >= 0.3 is 0 Å². The summed E-state index contributed by atoms with van der Waals surface area (Å²) in [7, 11) is 0. The molecule has 1 unspecified atom stereocenters. The van der Waals surface area contributed by atoms with Crippen LogP contribution in [0.15, 0.2) is 28.8 Å². The van der Waals surface area contributed by atoms with Gasteiger partial charge in [-0.3, -0.25) is 0 Å². The first kappa shape index (κ1) is 12.6. The minimum atomic E-state index is 0.314. The molecule has 0 aliphatic carbocycles. The van der Waals surface area contributed by atoms with E-state index in [-0.39, 0.29) is 0 Å². The van der Waals surface area contributed by atoms with Gasteiger partial charge in [0.05, 0.1) is 0 Å². The average Bonchev–Trinajstić information content (AvgIpc) is 2.18. The summed E-state index contributed by atoms with van der Waals surface area (Å²) >= 11 is 11.4. The van der Waals surface area contributed by atoms with Crippen molar-refractivity contribution in [2.45, 2.75) is 33.1 Å². The van der Waals surface area contributed by atoms with Crippen molar-refractivity contribution < 1.29 is 0 Å². The number of halogens is 2. The highest BCUT2D eigenvalue weighted by atomic mass is 35.5. The molecule has 0 bridgehead atoms. The second-order valence-electron chi connectivity index (χ2n) is 3.81. The van der Waals surface area contributed by atoms with Gasteiger partial charge in [0.25, 0.3) is 0 Å². The van der Waals surface area contributed by atoms with Crippen LogP contribution in [-0.2, 0) is 0 Å². The highest BCUT2D eigenvalue weighted by Gasteiger charge is 2.07. The van der Waals surface area contributed by atoms with E-state index in [4.69, 9.17) is 23.2 Å². The molecule has 0 fully saturated rings. The van der Waals surface area contributed by atoms with Crippen LogP contribution in [-0.4, -0.2) is 0 Å². The summed E-state index contributed by atoms with van der Waals surface area (Å²) in [5, 5.41) is 0. The Labute approximate surface area is 102 Å². The van der Waals surface area contributed by atoms with E-state index >= 15 is 0 Å². The molecule has 0 heterocycles. The Morgan fingerprint density at radius 2 is 1.93 bits per heavy atom. The maximum atomic E-state index is 5.70. The average molecular weight is 243 g/mol. The quantitative estimate of drug-likeness (QED) is 0.691. The molecule has 0 saturated carbocycles. The normalized spacial score (nSPS) is 12.3. The van der Waals surface area contributed by atoms with Crippen LogP contribution in [0.1, 0.15) is 36.0 Å². The van der Waals surface area contributed by atoms with Crippen molar-refractivity contribution in [2.75, 3.05) is 0 Å². The largest absolute Gasteiger partial charge is 0.103 e. The van der Waals surface area contributed by atoms with Crippen LogP contribution >= 0.6 is 23.2 Å². The summed E-state index contributed by atoms with van der Waals surface area (Å²) in [6.07, 6.45) is 2.90. The lowest BCUT2D eigenvalue weighted by atomic mass is 9.94. The Morgan fingerprint density at radius 1 is 1.27 bits per heavy atom. The van der Waals surface area contributed by atoms with Crippen molar-refractivity contribution in [1.82, 2.24) is 0 Å². The Kier molecular flexibility index (Phi) is 4.69. The zero-order chi connectivity index (χ0) is 11.4. The maximum Gasteiger partial charge on any atom is 0.103 e. The molecular weight excluding hydrogens is 227 g/mol. The van der Waals surface area contributed by atoms with Gasteiger partial charge in [0.1, 0.15) is 4.49 Å². The van der Waals surface area contributed by atoms with Gasteiger partial charge in [-0.25, -0.2) is 0 Å². The molecule has 0 aliphatic heterocycles. The predicted octanol–water partition coefficient (Wildman–Crippen LogP) is 5.12. The lowest BCUT2D eigenvalue weighted by Crippen LogP contribution is -1.95. The molecule has 15 heavy (non-hydrogen) atoms. The van der Waals surface area contributed by atoms with Gasteiger partial charge in [-0.15, -0.1) is 0 Å². The fourth-order valence-corrected chi connectivity index (χ4v) is 1.90. The molecule has 1 rings (SSSR count). The lowest BCUT2D eigenvalue weighted by molar-refractivity contribution is 0.804. The van der Waals surface area contributed by atoms with E-state index in [1.165, 1.54) is 16.7 Å². The van der Waals surface area contributed by atoms with Gasteiger partial charge in [0, 0.05) is 5.92 Å². The predicted molar refractivity (Wildman–Crippen MR) is 68.7 cm³/mol. The van der Waals surface area contributed by atoms with Crippen molar-refractivity contribution in [2.24, 2.45) is 0 Å². The second-order valence-corrected chi connectivity index (χ2v) is 4.82. The number of allylic oxidation sites excluding steroid dienone is 1. The smallest absolute Gasteiger partial charge is 0.0712 e. The summed E-state index contributed by atoms with van der Waals surface area (Å²) in [6.45, 7) is 6.37. The van der Waals surface area contributed by atoms with Crippen molar-refractivity contribution in [3.8, 4) is 0 Å². The minimum Gasteiger partial charge on any atom is -0.0712 e. The van der Waals surface area contributed by atoms with E-state index in [0.29, 0.717) is 10.4 Å². The van der Waals surface area contributed by atoms with Gasteiger partial charge < -0.3 is 0 Å². The van der Waals surface area contributed by atoms with Gasteiger partial charge in [-0.05, 0) is 43.0 Å². The molecule has 0 radical (unpaired) electrons. The Balaban J connectivity index is 3.03. The molecule has 82 valence electrons. The van der Waals surface area contributed by atoms with Crippen LogP contribution in [0.4, 0.5) is 0 Å². The van der Waals surface area contributed by atoms with E-state index in [1.807, 2.05) is 6.08 Å². The van der Waals surface area contributed by atoms with E-state index in [9.17, 15) is 0 Å². The molecular formula is C13H16Cl2. The first-order valence-corrected chi connectivity index (χ1v) is 5.90. The highest BCUT2D eigenvalue weighted by molar-refractivity contribution is 6.55. The number of aryl methyl sites for hydroxylation is 2. The molecule has 1 aromatic carbocycles. The van der Waals surface area contributed by atoms with Crippen molar-refractivity contribution >= 4 is 23.2 Å². The summed E-state index contributed by atoms with van der Waals surface area (Å²) in [5.74, 6) is 0.314. The molecule has 1 atom stereocenters. The molecule has 2 heteroatoms. The maximum absolute atomic E-state index is 5.70. The van der Waals surface area contributed by atoms with Crippen LogP contribution in [0.2, 0.25) is 0 Å². The third-order valence-electron chi connectivity index (χ3n) is 2.73.